The van der Waals surface area contributed by atoms with Gasteiger partial charge in [-0.05, 0) is 6.92 Å². The van der Waals surface area contributed by atoms with Gasteiger partial charge < -0.3 is 9.84 Å². The average molecular weight is 128 g/mol. The Morgan fingerprint density at radius 1 is 1.89 bits per heavy atom. The van der Waals surface area contributed by atoms with Gasteiger partial charge in [-0.25, -0.2) is 0 Å². The fourth-order valence-electron chi connectivity index (χ4n) is 0.890. The molecular weight excluding hydrogens is 116 g/mol. The summed E-state index contributed by atoms with van der Waals surface area (Å²) < 4.78 is 5.10. The Morgan fingerprint density at radius 3 is 2.89 bits per heavy atom. The van der Waals surface area contributed by atoms with Crippen molar-refractivity contribution in [2.24, 2.45) is 0 Å². The van der Waals surface area contributed by atoms with Crippen LogP contribution in [0.15, 0.2) is 12.7 Å². The van der Waals surface area contributed by atoms with Crippen LogP contribution in [-0.4, -0.2) is 23.4 Å². The number of hydrogen-bond acceptors (Lipinski definition) is 2. The summed E-state index contributed by atoms with van der Waals surface area (Å²) in [6.45, 7) is 5.34. The van der Waals surface area contributed by atoms with Crippen molar-refractivity contribution < 1.29 is 9.84 Å². The molecule has 1 aliphatic heterocycles. The smallest absolute Gasteiger partial charge is 0.102 e. The Balaban J connectivity index is 2.12. The van der Waals surface area contributed by atoms with Gasteiger partial charge in [0.15, 0.2) is 0 Å². The lowest BCUT2D eigenvalue weighted by Gasteiger charge is -1.96. The van der Waals surface area contributed by atoms with Crippen LogP contribution in [0.2, 0.25) is 0 Å². The summed E-state index contributed by atoms with van der Waals surface area (Å²) in [4.78, 5) is 0. The number of ether oxygens (including phenoxy) is 1. The van der Waals surface area contributed by atoms with E-state index < -0.39 is 0 Å². The predicted molar refractivity (Wildman–Crippen MR) is 35.2 cm³/mol. The van der Waals surface area contributed by atoms with E-state index in [1.165, 1.54) is 0 Å². The molecule has 0 saturated carbocycles. The molecule has 0 unspecified atom stereocenters. The summed E-state index contributed by atoms with van der Waals surface area (Å²) in [5, 5.41) is 8.86. The van der Waals surface area contributed by atoms with Gasteiger partial charge in [-0.15, -0.1) is 6.58 Å². The first-order valence-electron chi connectivity index (χ1n) is 3.20. The Hall–Kier alpha value is -0.340. The molecule has 0 bridgehead atoms. The molecule has 1 N–H and O–H groups in total. The van der Waals surface area contributed by atoms with Crippen LogP contribution in [0.1, 0.15) is 13.3 Å². The second-order valence-corrected chi connectivity index (χ2v) is 2.46. The molecule has 0 spiro atoms. The Labute approximate surface area is 55.1 Å². The van der Waals surface area contributed by atoms with Crippen LogP contribution in [0.3, 0.4) is 0 Å². The predicted octanol–water partition coefficient (Wildman–Crippen LogP) is 0.711. The molecule has 0 radical (unpaired) electrons. The molecule has 3 atom stereocenters. The van der Waals surface area contributed by atoms with Crippen molar-refractivity contribution in [1.29, 1.82) is 0 Å². The molecule has 1 fully saturated rings. The van der Waals surface area contributed by atoms with E-state index in [0.717, 1.165) is 6.42 Å². The normalized spacial score (nSPS) is 35.8. The Bertz CT molecular complexity index is 109. The lowest BCUT2D eigenvalue weighted by molar-refractivity contribution is 0.170. The first-order chi connectivity index (χ1) is 4.24. The highest BCUT2D eigenvalue weighted by Crippen LogP contribution is 2.26. The van der Waals surface area contributed by atoms with Crippen molar-refractivity contribution in [3.8, 4) is 0 Å². The van der Waals surface area contributed by atoms with Gasteiger partial charge in [0, 0.05) is 6.42 Å². The quantitative estimate of drug-likeness (QED) is 0.448. The molecule has 1 saturated heterocycles. The molecule has 2 nitrogen and oxygen atoms in total. The number of aliphatic hydroxyl groups excluding tert-OH is 1. The third-order valence-electron chi connectivity index (χ3n) is 1.43. The summed E-state index contributed by atoms with van der Waals surface area (Å²) in [7, 11) is 0. The molecule has 0 aromatic rings. The highest BCUT2D eigenvalue weighted by molar-refractivity contribution is 4.98. The highest BCUT2D eigenvalue weighted by atomic mass is 16.6. The fourth-order valence-corrected chi connectivity index (χ4v) is 0.890. The molecule has 9 heavy (non-hydrogen) atoms. The van der Waals surface area contributed by atoms with E-state index in [4.69, 9.17) is 9.84 Å². The third kappa shape index (κ3) is 1.80. The summed E-state index contributed by atoms with van der Waals surface area (Å²) in [5.74, 6) is 0. The van der Waals surface area contributed by atoms with Crippen LogP contribution in [0.25, 0.3) is 0 Å². The van der Waals surface area contributed by atoms with Gasteiger partial charge in [0.25, 0.3) is 0 Å². The monoisotopic (exact) mass is 128 g/mol. The fraction of sp³-hybridized carbons (Fsp3) is 0.714. The van der Waals surface area contributed by atoms with Crippen LogP contribution in [0, 0.1) is 0 Å². The summed E-state index contributed by atoms with van der Waals surface area (Å²) in [5.41, 5.74) is 0. The highest BCUT2D eigenvalue weighted by Gasteiger charge is 2.36. The zero-order valence-electron chi connectivity index (χ0n) is 5.58. The minimum absolute atomic E-state index is 0.208. The molecule has 52 valence electrons. The van der Waals surface area contributed by atoms with Crippen LogP contribution in [-0.2, 0) is 4.74 Å². The second-order valence-electron chi connectivity index (χ2n) is 2.46. The summed E-state index contributed by atoms with van der Waals surface area (Å²) in [6.07, 6.45) is 2.70. The molecule has 1 rings (SSSR count). The van der Waals surface area contributed by atoms with Crippen LogP contribution in [0.4, 0.5) is 0 Å². The van der Waals surface area contributed by atoms with Crippen molar-refractivity contribution in [3.63, 3.8) is 0 Å². The van der Waals surface area contributed by atoms with Gasteiger partial charge in [0.1, 0.15) is 6.10 Å². The maximum atomic E-state index is 8.86. The van der Waals surface area contributed by atoms with E-state index in [1.54, 1.807) is 13.0 Å². The van der Waals surface area contributed by atoms with Crippen LogP contribution in [0.5, 0.6) is 0 Å². The molecule has 0 amide bonds. The number of aliphatic hydroxyl groups is 1. The van der Waals surface area contributed by atoms with Crippen molar-refractivity contribution in [2.45, 2.75) is 31.7 Å². The van der Waals surface area contributed by atoms with Gasteiger partial charge in [-0.3, -0.25) is 0 Å². The van der Waals surface area contributed by atoms with Crippen molar-refractivity contribution >= 4 is 0 Å². The molecular formula is C7H12O2. The maximum Gasteiger partial charge on any atom is 0.102 e. The van der Waals surface area contributed by atoms with E-state index in [-0.39, 0.29) is 18.3 Å². The SMILES string of the molecule is C=C[C@H]1O[C@@H]1C[C@H](C)O. The molecule has 1 aliphatic rings. The lowest BCUT2D eigenvalue weighted by Crippen LogP contribution is -2.04. The van der Waals surface area contributed by atoms with Crippen molar-refractivity contribution in [2.75, 3.05) is 0 Å². The largest absolute Gasteiger partial charge is 0.393 e. The third-order valence-corrected chi connectivity index (χ3v) is 1.43. The second kappa shape index (κ2) is 2.50. The molecule has 0 aromatic heterocycles. The number of hydrogen-bond donors (Lipinski definition) is 1. The van der Waals surface area contributed by atoms with Crippen molar-refractivity contribution in [1.82, 2.24) is 0 Å². The molecule has 1 heterocycles. The molecule has 2 heteroatoms. The van der Waals surface area contributed by atoms with Crippen LogP contribution >= 0.6 is 0 Å². The van der Waals surface area contributed by atoms with E-state index in [2.05, 4.69) is 6.58 Å². The maximum absolute atomic E-state index is 8.86. The van der Waals surface area contributed by atoms with E-state index in [1.807, 2.05) is 0 Å². The zero-order chi connectivity index (χ0) is 6.85. The van der Waals surface area contributed by atoms with Gasteiger partial charge in [-0.1, -0.05) is 6.08 Å². The Morgan fingerprint density at radius 2 is 2.56 bits per heavy atom. The average Bonchev–Trinajstić information content (AvgIpc) is 2.45. The van der Waals surface area contributed by atoms with Crippen LogP contribution < -0.4 is 0 Å². The van der Waals surface area contributed by atoms with Crippen molar-refractivity contribution in [3.05, 3.63) is 12.7 Å². The standard InChI is InChI=1S/C7H12O2/c1-3-6-7(9-6)4-5(2)8/h3,5-8H,1,4H2,2H3/t5-,6+,7+/m0/s1. The van der Waals surface area contributed by atoms with E-state index >= 15 is 0 Å². The van der Waals surface area contributed by atoms with E-state index in [0.29, 0.717) is 0 Å². The van der Waals surface area contributed by atoms with Gasteiger partial charge >= 0.3 is 0 Å². The van der Waals surface area contributed by atoms with Gasteiger partial charge in [0.05, 0.1) is 12.2 Å². The first kappa shape index (κ1) is 6.78. The van der Waals surface area contributed by atoms with Gasteiger partial charge in [-0.2, -0.15) is 0 Å². The first-order valence-corrected chi connectivity index (χ1v) is 3.20. The van der Waals surface area contributed by atoms with E-state index in [9.17, 15) is 0 Å². The minimum atomic E-state index is -0.250. The zero-order valence-corrected chi connectivity index (χ0v) is 5.58. The minimum Gasteiger partial charge on any atom is -0.393 e. The lowest BCUT2D eigenvalue weighted by atomic mass is 10.2. The molecule has 0 aliphatic carbocycles. The molecule has 0 aromatic carbocycles. The summed E-state index contributed by atoms with van der Waals surface area (Å²) in [6, 6.07) is 0. The summed E-state index contributed by atoms with van der Waals surface area (Å²) >= 11 is 0. The number of epoxide rings is 1. The number of rotatable bonds is 3. The topological polar surface area (TPSA) is 32.8 Å². The Kier molecular flexibility index (Phi) is 1.88. The van der Waals surface area contributed by atoms with Gasteiger partial charge in [0.2, 0.25) is 0 Å².